The number of aromatic amines is 1. The number of carboxylic acid groups (broad SMARTS) is 1. The molecule has 1 unspecified atom stereocenters. The van der Waals surface area contributed by atoms with Gasteiger partial charge < -0.3 is 10.1 Å². The van der Waals surface area contributed by atoms with Gasteiger partial charge in [-0.3, -0.25) is 4.79 Å². The summed E-state index contributed by atoms with van der Waals surface area (Å²) in [4.78, 5) is 14.0. The Morgan fingerprint density at radius 1 is 1.47 bits per heavy atom. The smallest absolute Gasteiger partial charge is 0.310 e. The molecule has 0 aliphatic rings. The minimum Gasteiger partial charge on any atom is -0.481 e. The highest BCUT2D eigenvalue weighted by Crippen LogP contribution is 2.23. The van der Waals surface area contributed by atoms with E-state index in [2.05, 4.69) is 4.98 Å². The molecule has 15 heavy (non-hydrogen) atoms. The second-order valence-electron chi connectivity index (χ2n) is 3.84. The third kappa shape index (κ3) is 1.61. The van der Waals surface area contributed by atoms with Crippen LogP contribution in [-0.4, -0.2) is 16.1 Å². The van der Waals surface area contributed by atoms with Crippen LogP contribution in [0.25, 0.3) is 10.9 Å². The monoisotopic (exact) mass is 203 g/mol. The van der Waals surface area contributed by atoms with Crippen molar-refractivity contribution in [1.82, 2.24) is 4.98 Å². The van der Waals surface area contributed by atoms with Crippen LogP contribution in [0.4, 0.5) is 0 Å². The van der Waals surface area contributed by atoms with E-state index >= 15 is 0 Å². The maximum atomic E-state index is 10.8. The molecule has 1 atom stereocenters. The molecular weight excluding hydrogens is 190 g/mol. The van der Waals surface area contributed by atoms with Gasteiger partial charge in [-0.05, 0) is 31.0 Å². The highest BCUT2D eigenvalue weighted by Gasteiger charge is 2.14. The summed E-state index contributed by atoms with van der Waals surface area (Å²) in [5, 5.41) is 10.1. The number of nitrogens with one attached hydrogen (secondary N) is 1. The fraction of sp³-hybridized carbons (Fsp3) is 0.250. The van der Waals surface area contributed by atoms with Gasteiger partial charge in [-0.25, -0.2) is 0 Å². The van der Waals surface area contributed by atoms with Gasteiger partial charge in [0.1, 0.15) is 0 Å². The Morgan fingerprint density at radius 2 is 2.20 bits per heavy atom. The topological polar surface area (TPSA) is 53.1 Å². The van der Waals surface area contributed by atoms with E-state index < -0.39 is 11.9 Å². The summed E-state index contributed by atoms with van der Waals surface area (Å²) in [7, 11) is 0. The maximum absolute atomic E-state index is 10.8. The summed E-state index contributed by atoms with van der Waals surface area (Å²) in [6.45, 7) is 3.72. The molecule has 0 aliphatic heterocycles. The SMILES string of the molecule is Cc1c[nH]c2cc(C(C)C(=O)O)ccc12. The lowest BCUT2D eigenvalue weighted by molar-refractivity contribution is -0.138. The number of H-pyrrole nitrogens is 1. The van der Waals surface area contributed by atoms with E-state index in [9.17, 15) is 4.79 Å². The van der Waals surface area contributed by atoms with Crippen LogP contribution in [0.2, 0.25) is 0 Å². The van der Waals surface area contributed by atoms with E-state index in [4.69, 9.17) is 5.11 Å². The Morgan fingerprint density at radius 3 is 2.87 bits per heavy atom. The number of carboxylic acids is 1. The minimum atomic E-state index is -0.794. The zero-order valence-electron chi connectivity index (χ0n) is 8.74. The molecule has 0 saturated heterocycles. The third-order valence-electron chi connectivity index (χ3n) is 2.78. The van der Waals surface area contributed by atoms with Crippen molar-refractivity contribution < 1.29 is 9.90 Å². The summed E-state index contributed by atoms with van der Waals surface area (Å²) >= 11 is 0. The maximum Gasteiger partial charge on any atom is 0.310 e. The number of fused-ring (bicyclic) bond motifs is 1. The van der Waals surface area contributed by atoms with Gasteiger partial charge in [0.15, 0.2) is 0 Å². The number of hydrogen-bond acceptors (Lipinski definition) is 1. The summed E-state index contributed by atoms with van der Waals surface area (Å²) in [5.74, 6) is -1.25. The lowest BCUT2D eigenvalue weighted by Crippen LogP contribution is -2.06. The van der Waals surface area contributed by atoms with E-state index in [0.29, 0.717) is 0 Å². The highest BCUT2D eigenvalue weighted by atomic mass is 16.4. The average Bonchev–Trinajstić information content (AvgIpc) is 2.59. The molecule has 78 valence electrons. The molecule has 0 amide bonds. The van der Waals surface area contributed by atoms with E-state index in [1.807, 2.05) is 31.3 Å². The Balaban J connectivity index is 2.52. The minimum absolute atomic E-state index is 0.460. The van der Waals surface area contributed by atoms with Gasteiger partial charge in [0, 0.05) is 17.1 Å². The van der Waals surface area contributed by atoms with Crippen LogP contribution in [0.1, 0.15) is 24.0 Å². The number of hydrogen-bond donors (Lipinski definition) is 2. The summed E-state index contributed by atoms with van der Waals surface area (Å²) in [5.41, 5.74) is 3.01. The summed E-state index contributed by atoms with van der Waals surface area (Å²) in [6, 6.07) is 5.75. The summed E-state index contributed by atoms with van der Waals surface area (Å²) in [6.07, 6.45) is 1.93. The molecule has 3 heteroatoms. The lowest BCUT2D eigenvalue weighted by Gasteiger charge is -2.06. The van der Waals surface area contributed by atoms with Gasteiger partial charge in [-0.1, -0.05) is 12.1 Å². The van der Waals surface area contributed by atoms with Crippen molar-refractivity contribution in [2.75, 3.05) is 0 Å². The van der Waals surface area contributed by atoms with E-state index in [1.54, 1.807) is 6.92 Å². The van der Waals surface area contributed by atoms with Crippen molar-refractivity contribution in [3.8, 4) is 0 Å². The molecule has 0 saturated carbocycles. The largest absolute Gasteiger partial charge is 0.481 e. The predicted molar refractivity (Wildman–Crippen MR) is 59.1 cm³/mol. The zero-order valence-corrected chi connectivity index (χ0v) is 8.74. The second-order valence-corrected chi connectivity index (χ2v) is 3.84. The first-order chi connectivity index (χ1) is 7.09. The Bertz CT molecular complexity index is 513. The fourth-order valence-electron chi connectivity index (χ4n) is 1.70. The van der Waals surface area contributed by atoms with Crippen LogP contribution < -0.4 is 0 Å². The first-order valence-electron chi connectivity index (χ1n) is 4.90. The zero-order chi connectivity index (χ0) is 11.0. The molecule has 0 aliphatic carbocycles. The van der Waals surface area contributed by atoms with Crippen molar-refractivity contribution in [1.29, 1.82) is 0 Å². The van der Waals surface area contributed by atoms with Crippen molar-refractivity contribution in [2.45, 2.75) is 19.8 Å². The quantitative estimate of drug-likeness (QED) is 0.788. The Labute approximate surface area is 87.7 Å². The summed E-state index contributed by atoms with van der Waals surface area (Å²) < 4.78 is 0. The molecular formula is C12H13NO2. The van der Waals surface area contributed by atoms with Crippen molar-refractivity contribution in [3.05, 3.63) is 35.5 Å². The van der Waals surface area contributed by atoms with Crippen LogP contribution in [-0.2, 0) is 4.79 Å². The van der Waals surface area contributed by atoms with Gasteiger partial charge in [-0.2, -0.15) is 0 Å². The second kappa shape index (κ2) is 3.42. The highest BCUT2D eigenvalue weighted by molar-refractivity contribution is 5.85. The van der Waals surface area contributed by atoms with E-state index in [1.165, 1.54) is 5.56 Å². The van der Waals surface area contributed by atoms with Crippen LogP contribution in [0.3, 0.4) is 0 Å². The molecule has 0 fully saturated rings. The van der Waals surface area contributed by atoms with E-state index in [0.717, 1.165) is 16.5 Å². The third-order valence-corrected chi connectivity index (χ3v) is 2.78. The first-order valence-corrected chi connectivity index (χ1v) is 4.90. The molecule has 1 heterocycles. The Kier molecular flexibility index (Phi) is 2.23. The van der Waals surface area contributed by atoms with Crippen LogP contribution in [0.15, 0.2) is 24.4 Å². The molecule has 0 bridgehead atoms. The lowest BCUT2D eigenvalue weighted by atomic mass is 10.00. The van der Waals surface area contributed by atoms with Crippen molar-refractivity contribution in [2.24, 2.45) is 0 Å². The first kappa shape index (κ1) is 9.77. The van der Waals surface area contributed by atoms with Gasteiger partial charge in [0.25, 0.3) is 0 Å². The molecule has 3 nitrogen and oxygen atoms in total. The number of benzene rings is 1. The molecule has 0 radical (unpaired) electrons. The number of aryl methyl sites for hydroxylation is 1. The Hall–Kier alpha value is -1.77. The molecule has 2 N–H and O–H groups in total. The standard InChI is InChI=1S/C12H13NO2/c1-7-6-13-11-5-9(3-4-10(7)11)8(2)12(14)15/h3-6,8,13H,1-2H3,(H,14,15). The van der Waals surface area contributed by atoms with Crippen LogP contribution in [0, 0.1) is 6.92 Å². The average molecular weight is 203 g/mol. The van der Waals surface area contributed by atoms with Gasteiger partial charge in [0.2, 0.25) is 0 Å². The number of aromatic nitrogens is 1. The molecule has 1 aromatic heterocycles. The van der Waals surface area contributed by atoms with Crippen molar-refractivity contribution in [3.63, 3.8) is 0 Å². The van der Waals surface area contributed by atoms with Crippen LogP contribution >= 0.6 is 0 Å². The fourth-order valence-corrected chi connectivity index (χ4v) is 1.70. The van der Waals surface area contributed by atoms with Crippen molar-refractivity contribution >= 4 is 16.9 Å². The van der Waals surface area contributed by atoms with Gasteiger partial charge >= 0.3 is 5.97 Å². The number of rotatable bonds is 2. The van der Waals surface area contributed by atoms with Gasteiger partial charge in [-0.15, -0.1) is 0 Å². The van der Waals surface area contributed by atoms with Gasteiger partial charge in [0.05, 0.1) is 5.92 Å². The number of aliphatic carboxylic acids is 1. The van der Waals surface area contributed by atoms with E-state index in [-0.39, 0.29) is 0 Å². The molecule has 1 aromatic carbocycles. The number of carbonyl (C=O) groups is 1. The molecule has 0 spiro atoms. The molecule has 2 aromatic rings. The van der Waals surface area contributed by atoms with Crippen LogP contribution in [0.5, 0.6) is 0 Å². The predicted octanol–water partition coefficient (Wildman–Crippen LogP) is 2.66. The normalized spacial score (nSPS) is 12.9. The molecule has 2 rings (SSSR count).